The van der Waals surface area contributed by atoms with Crippen LogP contribution in [0.15, 0.2) is 54.2 Å². The summed E-state index contributed by atoms with van der Waals surface area (Å²) < 4.78 is 11.0. The number of nitrogens with one attached hydrogen (secondary N) is 1. The van der Waals surface area contributed by atoms with Crippen molar-refractivity contribution >= 4 is 23.3 Å². The van der Waals surface area contributed by atoms with Gasteiger partial charge in [-0.1, -0.05) is 6.07 Å². The molecule has 0 fully saturated rings. The molecule has 1 aromatic carbocycles. The molecular weight excluding hydrogens is 362 g/mol. The lowest BCUT2D eigenvalue weighted by Gasteiger charge is -2.18. The van der Waals surface area contributed by atoms with Gasteiger partial charge < -0.3 is 14.8 Å². The van der Waals surface area contributed by atoms with Gasteiger partial charge in [0.15, 0.2) is 11.5 Å². The Morgan fingerprint density at radius 2 is 2.11 bits per heavy atom. The number of fused-ring (bicyclic) bond motifs is 1. The molecule has 0 radical (unpaired) electrons. The summed E-state index contributed by atoms with van der Waals surface area (Å²) in [5.41, 5.74) is 2.67. The standard InChI is InChI=1S/C20H17N3O3S/c24-19(6-4-14-3-5-17-18(10-14)26-9-8-25-17)22-12-16-13-27-20(23-16)15-2-1-7-21-11-15/h1-7,10-11,13H,8-9,12H2,(H,22,24)/b6-4-. The number of hydrogen-bond donors (Lipinski definition) is 1. The minimum atomic E-state index is -0.180. The second-order valence-corrected chi connectivity index (χ2v) is 6.70. The van der Waals surface area contributed by atoms with Gasteiger partial charge in [0.25, 0.3) is 0 Å². The lowest BCUT2D eigenvalue weighted by atomic mass is 10.2. The Balaban J connectivity index is 1.33. The van der Waals surface area contributed by atoms with Crippen molar-refractivity contribution in [3.05, 3.63) is 65.4 Å². The van der Waals surface area contributed by atoms with Gasteiger partial charge in [-0.25, -0.2) is 4.98 Å². The predicted octanol–water partition coefficient (Wildman–Crippen LogP) is 3.31. The highest BCUT2D eigenvalue weighted by Gasteiger charge is 2.11. The summed E-state index contributed by atoms with van der Waals surface area (Å²) in [5, 5.41) is 5.67. The molecule has 0 aliphatic carbocycles. The van der Waals surface area contributed by atoms with Gasteiger partial charge in [0.05, 0.1) is 12.2 Å². The SMILES string of the molecule is O=C(/C=C\c1ccc2c(c1)OCCO2)NCc1csc(-c2cccnc2)n1. The van der Waals surface area contributed by atoms with Crippen LogP contribution in [0.4, 0.5) is 0 Å². The van der Waals surface area contributed by atoms with Crippen LogP contribution in [-0.2, 0) is 11.3 Å². The predicted molar refractivity (Wildman–Crippen MR) is 104 cm³/mol. The molecule has 0 saturated carbocycles. The molecule has 27 heavy (non-hydrogen) atoms. The van der Waals surface area contributed by atoms with Gasteiger partial charge in [-0.05, 0) is 35.9 Å². The van der Waals surface area contributed by atoms with E-state index in [0.717, 1.165) is 27.6 Å². The molecular formula is C20H17N3O3S. The van der Waals surface area contributed by atoms with Crippen molar-refractivity contribution in [2.24, 2.45) is 0 Å². The molecule has 0 bridgehead atoms. The average Bonchev–Trinajstić information content (AvgIpc) is 3.20. The minimum Gasteiger partial charge on any atom is -0.486 e. The third kappa shape index (κ3) is 4.32. The maximum atomic E-state index is 12.1. The monoisotopic (exact) mass is 379 g/mol. The molecule has 136 valence electrons. The van der Waals surface area contributed by atoms with Crippen LogP contribution >= 0.6 is 11.3 Å². The molecule has 1 aliphatic rings. The summed E-state index contributed by atoms with van der Waals surface area (Å²) in [6, 6.07) is 9.43. The molecule has 4 rings (SSSR count). The van der Waals surface area contributed by atoms with Crippen molar-refractivity contribution < 1.29 is 14.3 Å². The number of benzene rings is 1. The first-order chi connectivity index (χ1) is 13.3. The fraction of sp³-hybridized carbons (Fsp3) is 0.150. The number of carbonyl (C=O) groups is 1. The maximum Gasteiger partial charge on any atom is 0.244 e. The van der Waals surface area contributed by atoms with Crippen molar-refractivity contribution in [3.63, 3.8) is 0 Å². The van der Waals surface area contributed by atoms with E-state index in [0.29, 0.717) is 25.5 Å². The van der Waals surface area contributed by atoms with Crippen molar-refractivity contribution in [2.45, 2.75) is 6.54 Å². The van der Waals surface area contributed by atoms with Crippen LogP contribution in [0.3, 0.4) is 0 Å². The first-order valence-corrected chi connectivity index (χ1v) is 9.36. The number of carbonyl (C=O) groups excluding carboxylic acids is 1. The molecule has 0 spiro atoms. The Hall–Kier alpha value is -3.19. The highest BCUT2D eigenvalue weighted by molar-refractivity contribution is 7.13. The summed E-state index contributed by atoms with van der Waals surface area (Å²) in [6.07, 6.45) is 6.75. The lowest BCUT2D eigenvalue weighted by Crippen LogP contribution is -2.20. The summed E-state index contributed by atoms with van der Waals surface area (Å²) in [6.45, 7) is 1.47. The van der Waals surface area contributed by atoms with Crippen LogP contribution in [-0.4, -0.2) is 29.1 Å². The van der Waals surface area contributed by atoms with E-state index in [-0.39, 0.29) is 5.91 Å². The zero-order valence-electron chi connectivity index (χ0n) is 14.4. The van der Waals surface area contributed by atoms with Gasteiger partial charge in [0.2, 0.25) is 5.91 Å². The van der Waals surface area contributed by atoms with E-state index >= 15 is 0 Å². The first-order valence-electron chi connectivity index (χ1n) is 8.48. The smallest absolute Gasteiger partial charge is 0.244 e. The molecule has 7 heteroatoms. The average molecular weight is 379 g/mol. The summed E-state index contributed by atoms with van der Waals surface area (Å²) in [5.74, 6) is 1.26. The number of ether oxygens (including phenoxy) is 2. The number of hydrogen-bond acceptors (Lipinski definition) is 6. The number of rotatable bonds is 5. The Labute approximate surface area is 160 Å². The van der Waals surface area contributed by atoms with E-state index in [2.05, 4.69) is 15.3 Å². The van der Waals surface area contributed by atoms with Gasteiger partial charge in [0, 0.05) is 29.4 Å². The fourth-order valence-corrected chi connectivity index (χ4v) is 3.39. The molecule has 2 aromatic heterocycles. The second kappa shape index (κ2) is 8.01. The van der Waals surface area contributed by atoms with E-state index in [9.17, 15) is 4.79 Å². The zero-order valence-corrected chi connectivity index (χ0v) is 15.2. The third-order valence-corrected chi connectivity index (χ3v) is 4.84. The normalized spacial score (nSPS) is 12.9. The van der Waals surface area contributed by atoms with Crippen LogP contribution in [0.2, 0.25) is 0 Å². The Kier molecular flexibility index (Phi) is 5.11. The number of amides is 1. The molecule has 0 unspecified atom stereocenters. The Morgan fingerprint density at radius 1 is 1.22 bits per heavy atom. The maximum absolute atomic E-state index is 12.1. The molecule has 1 N–H and O–H groups in total. The topological polar surface area (TPSA) is 73.3 Å². The fourth-order valence-electron chi connectivity index (χ4n) is 2.58. The highest BCUT2D eigenvalue weighted by atomic mass is 32.1. The summed E-state index contributed by atoms with van der Waals surface area (Å²) >= 11 is 1.53. The van der Waals surface area contributed by atoms with Gasteiger partial charge in [-0.3, -0.25) is 9.78 Å². The van der Waals surface area contributed by atoms with Gasteiger partial charge in [-0.2, -0.15) is 0 Å². The molecule has 3 aromatic rings. The molecule has 3 heterocycles. The molecule has 6 nitrogen and oxygen atoms in total. The number of nitrogens with zero attached hydrogens (tertiary/aromatic N) is 2. The molecule has 0 atom stereocenters. The number of pyridine rings is 1. The van der Waals surface area contributed by atoms with Crippen LogP contribution in [0.25, 0.3) is 16.6 Å². The van der Waals surface area contributed by atoms with E-state index < -0.39 is 0 Å². The van der Waals surface area contributed by atoms with Crippen molar-refractivity contribution in [3.8, 4) is 22.1 Å². The first kappa shape index (κ1) is 17.2. The van der Waals surface area contributed by atoms with Crippen molar-refractivity contribution in [2.75, 3.05) is 13.2 Å². The van der Waals surface area contributed by atoms with Gasteiger partial charge in [0.1, 0.15) is 18.2 Å². The number of aromatic nitrogens is 2. The van der Waals surface area contributed by atoms with Crippen molar-refractivity contribution in [1.82, 2.24) is 15.3 Å². The van der Waals surface area contributed by atoms with E-state index in [1.165, 1.54) is 17.4 Å². The van der Waals surface area contributed by atoms with Crippen LogP contribution in [0, 0.1) is 0 Å². The van der Waals surface area contributed by atoms with E-state index in [4.69, 9.17) is 9.47 Å². The largest absolute Gasteiger partial charge is 0.486 e. The van der Waals surface area contributed by atoms with Gasteiger partial charge >= 0.3 is 0 Å². The second-order valence-electron chi connectivity index (χ2n) is 5.84. The van der Waals surface area contributed by atoms with Crippen LogP contribution < -0.4 is 14.8 Å². The highest BCUT2D eigenvalue weighted by Crippen LogP contribution is 2.31. The Morgan fingerprint density at radius 3 is 2.96 bits per heavy atom. The number of thiazole rings is 1. The Bertz CT molecular complexity index is 970. The van der Waals surface area contributed by atoms with E-state index in [1.54, 1.807) is 18.5 Å². The van der Waals surface area contributed by atoms with Crippen LogP contribution in [0.1, 0.15) is 11.3 Å². The molecule has 1 aliphatic heterocycles. The minimum absolute atomic E-state index is 0.180. The molecule has 0 saturated heterocycles. The molecule has 1 amide bonds. The summed E-state index contributed by atoms with van der Waals surface area (Å²) in [4.78, 5) is 20.7. The third-order valence-electron chi connectivity index (χ3n) is 3.90. The lowest BCUT2D eigenvalue weighted by molar-refractivity contribution is -0.116. The quantitative estimate of drug-likeness (QED) is 0.689. The summed E-state index contributed by atoms with van der Waals surface area (Å²) in [7, 11) is 0. The van der Waals surface area contributed by atoms with Crippen LogP contribution in [0.5, 0.6) is 11.5 Å². The van der Waals surface area contributed by atoms with Gasteiger partial charge in [-0.15, -0.1) is 11.3 Å². The van der Waals surface area contributed by atoms with Crippen molar-refractivity contribution in [1.29, 1.82) is 0 Å². The van der Waals surface area contributed by atoms with E-state index in [1.807, 2.05) is 35.7 Å². The zero-order chi connectivity index (χ0) is 18.5.